The molecule has 0 spiro atoms. The van der Waals surface area contributed by atoms with E-state index < -0.39 is 9.05 Å². The van der Waals surface area contributed by atoms with Crippen LogP contribution in [0.2, 0.25) is 0 Å². The molecule has 0 aliphatic carbocycles. The van der Waals surface area contributed by atoms with Gasteiger partial charge in [0.1, 0.15) is 0 Å². The van der Waals surface area contributed by atoms with Crippen molar-refractivity contribution in [2.45, 2.75) is 25.7 Å². The molecule has 0 fully saturated rings. The Labute approximate surface area is 81.5 Å². The van der Waals surface area contributed by atoms with Crippen LogP contribution in [0.4, 0.5) is 0 Å². The number of unbranched alkanes of at least 4 members (excludes halogenated alkanes) is 2. The van der Waals surface area contributed by atoms with Gasteiger partial charge in [0.25, 0.3) is 0 Å². The van der Waals surface area contributed by atoms with Crippen LogP contribution in [0, 0.1) is 0 Å². The van der Waals surface area contributed by atoms with Gasteiger partial charge in [0.15, 0.2) is 0 Å². The molecular formula is C6H10Cl2O3S. The van der Waals surface area contributed by atoms with Crippen LogP contribution >= 0.6 is 22.3 Å². The lowest BCUT2D eigenvalue weighted by molar-refractivity contribution is -0.111. The highest BCUT2D eigenvalue weighted by atomic mass is 35.7. The summed E-state index contributed by atoms with van der Waals surface area (Å²) in [4.78, 5) is 10.2. The van der Waals surface area contributed by atoms with Crippen LogP contribution in [-0.4, -0.2) is 19.4 Å². The van der Waals surface area contributed by atoms with Gasteiger partial charge in [-0.1, -0.05) is 6.42 Å². The number of hydrogen-bond donors (Lipinski definition) is 0. The molecule has 0 atom stereocenters. The highest BCUT2D eigenvalue weighted by Gasteiger charge is 2.04. The Balaban J connectivity index is 3.29. The molecule has 0 saturated heterocycles. The zero-order valence-electron chi connectivity index (χ0n) is 6.42. The van der Waals surface area contributed by atoms with Gasteiger partial charge in [0.05, 0.1) is 5.75 Å². The highest BCUT2D eigenvalue weighted by molar-refractivity contribution is 8.13. The van der Waals surface area contributed by atoms with Crippen LogP contribution in [0.1, 0.15) is 25.7 Å². The topological polar surface area (TPSA) is 51.2 Å². The first-order valence-corrected chi connectivity index (χ1v) is 6.38. The predicted molar refractivity (Wildman–Crippen MR) is 49.0 cm³/mol. The molecule has 6 heteroatoms. The van der Waals surface area contributed by atoms with Crippen LogP contribution in [0.3, 0.4) is 0 Å². The maximum atomic E-state index is 10.4. The van der Waals surface area contributed by atoms with Crippen molar-refractivity contribution < 1.29 is 13.2 Å². The van der Waals surface area contributed by atoms with E-state index in [1.165, 1.54) is 0 Å². The second kappa shape index (κ2) is 5.78. The van der Waals surface area contributed by atoms with Gasteiger partial charge in [-0.3, -0.25) is 4.79 Å². The standard InChI is InChI=1S/C6H10Cl2O3S/c7-6(9)4-2-1-3-5-12(8,10)11/h1-5H2. The number of carbonyl (C=O) groups is 1. The third kappa shape index (κ3) is 10.2. The summed E-state index contributed by atoms with van der Waals surface area (Å²) in [5.41, 5.74) is 0. The molecule has 0 aromatic heterocycles. The minimum atomic E-state index is -3.37. The van der Waals surface area contributed by atoms with Crippen molar-refractivity contribution in [1.29, 1.82) is 0 Å². The van der Waals surface area contributed by atoms with Crippen LogP contribution in [0.25, 0.3) is 0 Å². The van der Waals surface area contributed by atoms with E-state index in [0.29, 0.717) is 25.7 Å². The van der Waals surface area contributed by atoms with Crippen molar-refractivity contribution in [3.63, 3.8) is 0 Å². The Kier molecular flexibility index (Phi) is 5.88. The monoisotopic (exact) mass is 232 g/mol. The van der Waals surface area contributed by atoms with Gasteiger partial charge in [-0.05, 0) is 24.4 Å². The van der Waals surface area contributed by atoms with Crippen LogP contribution in [0.15, 0.2) is 0 Å². The largest absolute Gasteiger partial charge is 0.281 e. The Morgan fingerprint density at radius 2 is 1.75 bits per heavy atom. The van der Waals surface area contributed by atoms with Crippen molar-refractivity contribution >= 4 is 36.6 Å². The number of halogens is 2. The van der Waals surface area contributed by atoms with Crippen LogP contribution < -0.4 is 0 Å². The molecule has 0 aliphatic heterocycles. The van der Waals surface area contributed by atoms with E-state index in [1.807, 2.05) is 0 Å². The molecule has 0 radical (unpaired) electrons. The number of hydrogen-bond acceptors (Lipinski definition) is 3. The molecule has 0 aromatic carbocycles. The van der Waals surface area contributed by atoms with E-state index in [2.05, 4.69) is 0 Å². The molecule has 0 aliphatic rings. The lowest BCUT2D eigenvalue weighted by atomic mass is 10.2. The minimum Gasteiger partial charge on any atom is -0.281 e. The van der Waals surface area contributed by atoms with Gasteiger partial charge >= 0.3 is 0 Å². The lowest BCUT2D eigenvalue weighted by Crippen LogP contribution is -1.97. The fourth-order valence-corrected chi connectivity index (χ4v) is 1.73. The third-order valence-corrected chi connectivity index (χ3v) is 2.69. The van der Waals surface area contributed by atoms with Crippen LogP contribution in [-0.2, 0) is 13.8 Å². The average molecular weight is 233 g/mol. The van der Waals surface area contributed by atoms with Crippen molar-refractivity contribution in [3.8, 4) is 0 Å². The van der Waals surface area contributed by atoms with Crippen molar-refractivity contribution in [1.82, 2.24) is 0 Å². The fraction of sp³-hybridized carbons (Fsp3) is 0.833. The normalized spacial score (nSPS) is 11.5. The average Bonchev–Trinajstić information content (AvgIpc) is 1.83. The first kappa shape index (κ1) is 12.2. The van der Waals surface area contributed by atoms with Crippen LogP contribution in [0.5, 0.6) is 0 Å². The summed E-state index contributed by atoms with van der Waals surface area (Å²) >= 11 is 5.06. The molecule has 0 saturated carbocycles. The molecular weight excluding hydrogens is 223 g/mol. The van der Waals surface area contributed by atoms with E-state index >= 15 is 0 Å². The summed E-state index contributed by atoms with van der Waals surface area (Å²) < 4.78 is 20.8. The molecule has 0 rings (SSSR count). The predicted octanol–water partition coefficient (Wildman–Crippen LogP) is 1.88. The van der Waals surface area contributed by atoms with Gasteiger partial charge in [-0.25, -0.2) is 8.42 Å². The summed E-state index contributed by atoms with van der Waals surface area (Å²) in [7, 11) is 1.58. The van der Waals surface area contributed by atoms with Crippen molar-refractivity contribution in [2.75, 3.05) is 5.75 Å². The van der Waals surface area contributed by atoms with E-state index in [0.717, 1.165) is 0 Å². The molecule has 0 amide bonds. The molecule has 72 valence electrons. The summed E-state index contributed by atoms with van der Waals surface area (Å²) in [6, 6.07) is 0. The maximum Gasteiger partial charge on any atom is 0.232 e. The summed E-state index contributed by atoms with van der Waals surface area (Å²) in [5.74, 6) is -0.0367. The first-order valence-electron chi connectivity index (χ1n) is 3.52. The van der Waals surface area contributed by atoms with Gasteiger partial charge in [-0.2, -0.15) is 0 Å². The smallest absolute Gasteiger partial charge is 0.232 e. The van der Waals surface area contributed by atoms with Gasteiger partial charge < -0.3 is 0 Å². The maximum absolute atomic E-state index is 10.4. The zero-order valence-corrected chi connectivity index (χ0v) is 8.75. The molecule has 3 nitrogen and oxygen atoms in total. The van der Waals surface area contributed by atoms with E-state index in [-0.39, 0.29) is 11.0 Å². The second-order valence-corrected chi connectivity index (χ2v) is 5.73. The summed E-state index contributed by atoms with van der Waals surface area (Å²) in [5, 5.41) is -0.385. The summed E-state index contributed by atoms with van der Waals surface area (Å²) in [6.07, 6.45) is 2.05. The summed E-state index contributed by atoms with van der Waals surface area (Å²) in [6.45, 7) is 0. The third-order valence-electron chi connectivity index (χ3n) is 1.26. The Morgan fingerprint density at radius 1 is 1.17 bits per heavy atom. The molecule has 0 bridgehead atoms. The molecule has 0 heterocycles. The second-order valence-electron chi connectivity index (χ2n) is 2.41. The number of rotatable bonds is 6. The Bertz CT molecular complexity index is 235. The Hall–Kier alpha value is 0.200. The zero-order chi connectivity index (χ0) is 9.61. The molecule has 0 N–H and O–H groups in total. The van der Waals surface area contributed by atoms with Crippen molar-refractivity contribution in [3.05, 3.63) is 0 Å². The Morgan fingerprint density at radius 3 is 2.17 bits per heavy atom. The van der Waals surface area contributed by atoms with Gasteiger partial charge in [0, 0.05) is 17.1 Å². The molecule has 0 unspecified atom stereocenters. The fourth-order valence-electron chi connectivity index (χ4n) is 0.715. The molecule has 0 aromatic rings. The van der Waals surface area contributed by atoms with Gasteiger partial charge in [0.2, 0.25) is 14.3 Å². The van der Waals surface area contributed by atoms with Crippen molar-refractivity contribution in [2.24, 2.45) is 0 Å². The van der Waals surface area contributed by atoms with E-state index in [1.54, 1.807) is 0 Å². The molecule has 12 heavy (non-hydrogen) atoms. The van der Waals surface area contributed by atoms with E-state index in [4.69, 9.17) is 22.3 Å². The number of carbonyl (C=O) groups excluding carboxylic acids is 1. The SMILES string of the molecule is O=C(Cl)CCCCCS(=O)(=O)Cl. The quantitative estimate of drug-likeness (QED) is 0.519. The van der Waals surface area contributed by atoms with E-state index in [9.17, 15) is 13.2 Å². The lowest BCUT2D eigenvalue weighted by Gasteiger charge is -1.95. The minimum absolute atomic E-state index is 0.0367. The first-order chi connectivity index (χ1) is 5.42. The van der Waals surface area contributed by atoms with Gasteiger partial charge in [-0.15, -0.1) is 0 Å². The highest BCUT2D eigenvalue weighted by Crippen LogP contribution is 2.06.